The molecule has 4 aliphatic carbocycles. The van der Waals surface area contributed by atoms with Crippen molar-refractivity contribution in [3.63, 3.8) is 0 Å². The lowest BCUT2D eigenvalue weighted by atomic mass is 9.61. The summed E-state index contributed by atoms with van der Waals surface area (Å²) in [4.78, 5) is 0. The van der Waals surface area contributed by atoms with Crippen molar-refractivity contribution in [2.45, 2.75) is 109 Å². The second-order valence-electron chi connectivity index (χ2n) is 12.7. The molecule has 1 heterocycles. The van der Waals surface area contributed by atoms with Gasteiger partial charge in [-0.15, -0.1) is 0 Å². The van der Waals surface area contributed by atoms with Crippen molar-refractivity contribution in [1.29, 1.82) is 0 Å². The van der Waals surface area contributed by atoms with Crippen LogP contribution in [0.5, 0.6) is 0 Å². The first kappa shape index (κ1) is 26.7. The molecule has 4 fully saturated rings. The van der Waals surface area contributed by atoms with Gasteiger partial charge in [-0.1, -0.05) is 57.2 Å². The Morgan fingerprint density at radius 1 is 1.16 bits per heavy atom. The zero-order valence-corrected chi connectivity index (χ0v) is 23.0. The SMILES string of the molecule is C=C1/C(=C\C=C2/CCC[C@]3(C)[C@@H]([C@H](C)/C=C/[C@H](O)C4(c5cc(CC)co5)CC4)CC[C@@H]23)C[C@@H](O)C[C@@H]1O. The highest BCUT2D eigenvalue weighted by molar-refractivity contribution is 5.39. The molecule has 1 aromatic heterocycles. The third-order valence-corrected chi connectivity index (χ3v) is 10.4. The molecule has 0 saturated heterocycles. The molecule has 4 aliphatic rings. The zero-order chi connectivity index (χ0) is 26.4. The van der Waals surface area contributed by atoms with Crippen LogP contribution in [0.2, 0.25) is 0 Å². The molecule has 0 amide bonds. The maximum Gasteiger partial charge on any atom is 0.113 e. The van der Waals surface area contributed by atoms with E-state index in [0.717, 1.165) is 42.6 Å². The number of fused-ring (bicyclic) bond motifs is 1. The number of aliphatic hydroxyl groups excluding tert-OH is 3. The molecule has 5 rings (SSSR count). The largest absolute Gasteiger partial charge is 0.468 e. The van der Waals surface area contributed by atoms with Crippen LogP contribution >= 0.6 is 0 Å². The van der Waals surface area contributed by atoms with Gasteiger partial charge in [-0.25, -0.2) is 0 Å². The Balaban J connectivity index is 1.28. The first-order valence-electron chi connectivity index (χ1n) is 14.6. The second-order valence-corrected chi connectivity index (χ2v) is 12.7. The minimum Gasteiger partial charge on any atom is -0.468 e. The molecule has 3 N–H and O–H groups in total. The van der Waals surface area contributed by atoms with Crippen molar-refractivity contribution in [1.82, 2.24) is 0 Å². The lowest BCUT2D eigenvalue weighted by Gasteiger charge is -2.44. The van der Waals surface area contributed by atoms with E-state index in [9.17, 15) is 15.3 Å². The lowest BCUT2D eigenvalue weighted by Crippen LogP contribution is -2.35. The van der Waals surface area contributed by atoms with Crippen LogP contribution in [0.4, 0.5) is 0 Å². The van der Waals surface area contributed by atoms with E-state index in [2.05, 4.69) is 57.7 Å². The predicted octanol–water partition coefficient (Wildman–Crippen LogP) is 6.57. The standard InChI is InChI=1S/C33H46O4/c1-5-23-17-31(37-20-23)33(15-16-33)30(36)13-8-21(2)27-11-12-28-24(7-6-14-32(27,28)4)9-10-25-18-26(34)19-29(35)22(25)3/h8-10,13,17,20-21,26-30,34-36H,3,5-7,11-12,14-16,18-19H2,1-2,4H3/b13-8+,24-9+,25-10-/t21-,26-,27-,28+,29+,30+,32-/m1/s1. The molecule has 0 aliphatic heterocycles. The van der Waals surface area contributed by atoms with Gasteiger partial charge >= 0.3 is 0 Å². The van der Waals surface area contributed by atoms with Crippen molar-refractivity contribution in [3.8, 4) is 0 Å². The first-order valence-corrected chi connectivity index (χ1v) is 14.6. The highest BCUT2D eigenvalue weighted by atomic mass is 16.3. The summed E-state index contributed by atoms with van der Waals surface area (Å²) >= 11 is 0. The van der Waals surface area contributed by atoms with Crippen LogP contribution < -0.4 is 0 Å². The van der Waals surface area contributed by atoms with E-state index >= 15 is 0 Å². The van der Waals surface area contributed by atoms with E-state index in [1.54, 1.807) is 0 Å². The molecule has 0 unspecified atom stereocenters. The topological polar surface area (TPSA) is 73.8 Å². The monoisotopic (exact) mass is 506 g/mol. The summed E-state index contributed by atoms with van der Waals surface area (Å²) in [6.45, 7) is 11.0. The van der Waals surface area contributed by atoms with Crippen molar-refractivity contribution in [2.75, 3.05) is 0 Å². The number of rotatable bonds is 7. The van der Waals surface area contributed by atoms with Crippen LogP contribution in [0.1, 0.15) is 89.9 Å². The minimum atomic E-state index is -0.639. The number of aryl methyl sites for hydroxylation is 1. The summed E-state index contributed by atoms with van der Waals surface area (Å²) in [5, 5.41) is 31.5. The van der Waals surface area contributed by atoms with E-state index in [1.807, 2.05) is 6.26 Å². The number of hydrogen-bond acceptors (Lipinski definition) is 4. The minimum absolute atomic E-state index is 0.232. The Hall–Kier alpha value is -1.88. The smallest absolute Gasteiger partial charge is 0.113 e. The van der Waals surface area contributed by atoms with Crippen LogP contribution in [0.15, 0.2) is 64.3 Å². The third kappa shape index (κ3) is 4.97. The summed E-state index contributed by atoms with van der Waals surface area (Å²) < 4.78 is 5.86. The highest BCUT2D eigenvalue weighted by Crippen LogP contribution is 2.60. The van der Waals surface area contributed by atoms with E-state index in [-0.39, 0.29) is 10.8 Å². The van der Waals surface area contributed by atoms with Gasteiger partial charge in [-0.05, 0) is 104 Å². The Kier molecular flexibility index (Phi) is 7.48. The van der Waals surface area contributed by atoms with Gasteiger partial charge in [0.15, 0.2) is 0 Å². The van der Waals surface area contributed by atoms with Gasteiger partial charge < -0.3 is 19.7 Å². The zero-order valence-electron chi connectivity index (χ0n) is 23.0. The molecule has 1 aromatic rings. The Labute approximate surface area is 222 Å². The van der Waals surface area contributed by atoms with Gasteiger partial charge in [0.1, 0.15) is 5.76 Å². The number of hydrogen-bond donors (Lipinski definition) is 3. The number of aliphatic hydroxyl groups is 3. The van der Waals surface area contributed by atoms with Crippen molar-refractivity contribution in [2.24, 2.45) is 23.2 Å². The lowest BCUT2D eigenvalue weighted by molar-refractivity contribution is 0.0862. The predicted molar refractivity (Wildman–Crippen MR) is 148 cm³/mol. The fraction of sp³-hybridized carbons (Fsp3) is 0.636. The Morgan fingerprint density at radius 2 is 1.95 bits per heavy atom. The molecule has 202 valence electrons. The van der Waals surface area contributed by atoms with E-state index in [4.69, 9.17) is 4.42 Å². The highest BCUT2D eigenvalue weighted by Gasteiger charge is 2.53. The van der Waals surface area contributed by atoms with Crippen LogP contribution in [0.3, 0.4) is 0 Å². The Morgan fingerprint density at radius 3 is 2.65 bits per heavy atom. The van der Waals surface area contributed by atoms with Crippen molar-refractivity contribution >= 4 is 0 Å². The summed E-state index contributed by atoms with van der Waals surface area (Å²) in [7, 11) is 0. The summed E-state index contributed by atoms with van der Waals surface area (Å²) in [5.41, 5.74) is 4.49. The summed E-state index contributed by atoms with van der Waals surface area (Å²) in [6.07, 6.45) is 18.8. The van der Waals surface area contributed by atoms with E-state index in [0.29, 0.717) is 30.6 Å². The van der Waals surface area contributed by atoms with Gasteiger partial charge in [0, 0.05) is 6.42 Å². The molecule has 4 saturated carbocycles. The third-order valence-electron chi connectivity index (χ3n) is 10.4. The molecule has 0 bridgehead atoms. The molecular weight excluding hydrogens is 460 g/mol. The van der Waals surface area contributed by atoms with Gasteiger partial charge in [-0.3, -0.25) is 0 Å². The normalized spacial score (nSPS) is 37.3. The van der Waals surface area contributed by atoms with Crippen LogP contribution in [0.25, 0.3) is 0 Å². The summed E-state index contributed by atoms with van der Waals surface area (Å²) in [6, 6.07) is 2.13. The second kappa shape index (κ2) is 10.4. The van der Waals surface area contributed by atoms with Crippen LogP contribution in [0, 0.1) is 23.2 Å². The van der Waals surface area contributed by atoms with Crippen LogP contribution in [-0.2, 0) is 11.8 Å². The summed E-state index contributed by atoms with van der Waals surface area (Å²) in [5.74, 6) is 2.51. The molecule has 0 radical (unpaired) electrons. The number of allylic oxidation sites excluding steroid dienone is 4. The van der Waals surface area contributed by atoms with Gasteiger partial charge in [-0.2, -0.15) is 0 Å². The maximum absolute atomic E-state index is 11.2. The molecule has 0 aromatic carbocycles. The average molecular weight is 507 g/mol. The molecule has 7 atom stereocenters. The fourth-order valence-electron chi connectivity index (χ4n) is 7.85. The van der Waals surface area contributed by atoms with Crippen molar-refractivity contribution in [3.05, 3.63) is 71.3 Å². The van der Waals surface area contributed by atoms with Gasteiger partial charge in [0.05, 0.1) is 30.0 Å². The molecule has 4 heteroatoms. The van der Waals surface area contributed by atoms with E-state index < -0.39 is 18.3 Å². The fourth-order valence-corrected chi connectivity index (χ4v) is 7.85. The quantitative estimate of drug-likeness (QED) is 0.366. The van der Waals surface area contributed by atoms with Gasteiger partial charge in [0.25, 0.3) is 0 Å². The van der Waals surface area contributed by atoms with E-state index in [1.165, 1.54) is 36.8 Å². The maximum atomic E-state index is 11.2. The van der Waals surface area contributed by atoms with Gasteiger partial charge in [0.2, 0.25) is 0 Å². The van der Waals surface area contributed by atoms with Crippen molar-refractivity contribution < 1.29 is 19.7 Å². The first-order chi connectivity index (χ1) is 17.7. The van der Waals surface area contributed by atoms with Crippen LogP contribution in [-0.4, -0.2) is 33.6 Å². The molecular formula is C33H46O4. The Bertz CT molecular complexity index is 1090. The molecule has 4 nitrogen and oxygen atoms in total. The molecule has 0 spiro atoms. The molecule has 37 heavy (non-hydrogen) atoms. The number of furan rings is 1. The average Bonchev–Trinajstić information content (AvgIpc) is 3.39.